The average Bonchev–Trinajstić information content (AvgIpc) is 2.23. The Morgan fingerprint density at radius 2 is 2.33 bits per heavy atom. The van der Waals surface area contributed by atoms with Gasteiger partial charge >= 0.3 is 5.97 Å². The maximum absolute atomic E-state index is 10.8. The van der Waals surface area contributed by atoms with Crippen molar-refractivity contribution in [3.05, 3.63) is 16.5 Å². The quantitative estimate of drug-likeness (QED) is 0.363. The Bertz CT molecular complexity index is 362. The normalized spacial score (nSPS) is 10.1. The highest BCUT2D eigenvalue weighted by Crippen LogP contribution is 2.25. The molecule has 0 amide bonds. The van der Waals surface area contributed by atoms with E-state index in [1.165, 1.54) is 25.1 Å². The Hall–Kier alpha value is -0.520. The first-order valence-corrected chi connectivity index (χ1v) is 5.75. The third kappa shape index (κ3) is 4.24. The molecule has 0 atom stereocenters. The number of hydrogen-bond donors (Lipinski definition) is 0. The van der Waals surface area contributed by atoms with E-state index in [-0.39, 0.29) is 11.3 Å². The van der Waals surface area contributed by atoms with Crippen LogP contribution in [0.2, 0.25) is 10.3 Å². The van der Waals surface area contributed by atoms with Gasteiger partial charge in [0.25, 0.3) is 0 Å². The predicted octanol–water partition coefficient (Wildman–Crippen LogP) is 2.44. The fourth-order valence-corrected chi connectivity index (χ4v) is 2.01. The van der Waals surface area contributed by atoms with Crippen LogP contribution in [-0.2, 0) is 9.53 Å². The molecule has 0 N–H and O–H groups in total. The molecule has 0 radical (unpaired) electrons. The van der Waals surface area contributed by atoms with Gasteiger partial charge in [-0.1, -0.05) is 11.6 Å². The number of esters is 1. The van der Waals surface area contributed by atoms with E-state index >= 15 is 0 Å². The molecule has 0 aliphatic carbocycles. The van der Waals surface area contributed by atoms with Gasteiger partial charge in [0.2, 0.25) is 5.28 Å². The van der Waals surface area contributed by atoms with Crippen molar-refractivity contribution in [2.45, 2.75) is 11.4 Å². The van der Waals surface area contributed by atoms with E-state index in [1.54, 1.807) is 0 Å². The summed E-state index contributed by atoms with van der Waals surface area (Å²) in [4.78, 5) is 18.5. The predicted molar refractivity (Wildman–Crippen MR) is 59.4 cm³/mol. The molecular weight excluding hydrogens is 259 g/mol. The third-order valence-electron chi connectivity index (χ3n) is 1.46. The van der Waals surface area contributed by atoms with Crippen molar-refractivity contribution in [3.8, 4) is 0 Å². The Morgan fingerprint density at radius 3 is 3.00 bits per heavy atom. The number of methoxy groups -OCH3 is 1. The zero-order chi connectivity index (χ0) is 11.3. The molecule has 0 unspecified atom stereocenters. The molecule has 0 aromatic carbocycles. The minimum Gasteiger partial charge on any atom is -0.469 e. The first kappa shape index (κ1) is 12.5. The summed E-state index contributed by atoms with van der Waals surface area (Å²) >= 11 is 12.8. The van der Waals surface area contributed by atoms with Crippen LogP contribution in [-0.4, -0.2) is 28.8 Å². The van der Waals surface area contributed by atoms with Gasteiger partial charge in [-0.15, -0.1) is 11.8 Å². The first-order chi connectivity index (χ1) is 7.13. The number of thioether (sulfide) groups is 1. The molecule has 82 valence electrons. The van der Waals surface area contributed by atoms with Gasteiger partial charge in [0.1, 0.15) is 5.03 Å². The molecule has 1 rings (SSSR count). The highest BCUT2D eigenvalue weighted by Gasteiger charge is 2.06. The molecule has 0 fully saturated rings. The van der Waals surface area contributed by atoms with Crippen molar-refractivity contribution < 1.29 is 9.53 Å². The second kappa shape index (κ2) is 6.15. The summed E-state index contributed by atoms with van der Waals surface area (Å²) in [5.74, 6) is 0.276. The lowest BCUT2D eigenvalue weighted by molar-refractivity contribution is -0.140. The number of ether oxygens (including phenoxy) is 1. The van der Waals surface area contributed by atoms with Crippen LogP contribution in [0, 0.1) is 0 Å². The van der Waals surface area contributed by atoms with Crippen molar-refractivity contribution in [2.75, 3.05) is 12.9 Å². The molecule has 0 saturated heterocycles. The number of rotatable bonds is 4. The van der Waals surface area contributed by atoms with E-state index in [9.17, 15) is 4.79 Å². The summed E-state index contributed by atoms with van der Waals surface area (Å²) in [7, 11) is 1.35. The summed E-state index contributed by atoms with van der Waals surface area (Å²) < 4.78 is 4.50. The lowest BCUT2D eigenvalue weighted by Gasteiger charge is -2.02. The molecular formula is C8H8Cl2N2O2S. The standard InChI is InChI=1S/C8H8Cl2N2O2S/c1-14-6(13)2-3-15-7-5(9)4-11-8(10)12-7/h4H,2-3H2,1H3. The fourth-order valence-electron chi connectivity index (χ4n) is 0.766. The molecule has 0 saturated carbocycles. The molecule has 0 bridgehead atoms. The molecule has 0 aliphatic heterocycles. The lowest BCUT2D eigenvalue weighted by atomic mass is 10.5. The van der Waals surface area contributed by atoms with Gasteiger partial charge in [0, 0.05) is 5.75 Å². The van der Waals surface area contributed by atoms with E-state index < -0.39 is 0 Å². The van der Waals surface area contributed by atoms with Crippen LogP contribution in [0.25, 0.3) is 0 Å². The SMILES string of the molecule is COC(=O)CCSc1nc(Cl)ncc1Cl. The fraction of sp³-hybridized carbons (Fsp3) is 0.375. The maximum Gasteiger partial charge on any atom is 0.306 e. The summed E-state index contributed by atoms with van der Waals surface area (Å²) in [6.45, 7) is 0. The number of hydrogen-bond acceptors (Lipinski definition) is 5. The largest absolute Gasteiger partial charge is 0.469 e. The van der Waals surface area contributed by atoms with Crippen molar-refractivity contribution in [1.29, 1.82) is 0 Å². The number of carbonyl (C=O) groups excluding carboxylic acids is 1. The van der Waals surface area contributed by atoms with E-state index in [0.29, 0.717) is 22.2 Å². The minimum atomic E-state index is -0.265. The molecule has 0 spiro atoms. The van der Waals surface area contributed by atoms with Crippen LogP contribution in [0.15, 0.2) is 11.2 Å². The maximum atomic E-state index is 10.8. The second-order valence-corrected chi connectivity index (χ2v) is 4.30. The van der Waals surface area contributed by atoms with Gasteiger partial charge < -0.3 is 4.74 Å². The van der Waals surface area contributed by atoms with E-state index in [4.69, 9.17) is 23.2 Å². The number of aromatic nitrogens is 2. The zero-order valence-corrected chi connectivity index (χ0v) is 10.2. The zero-order valence-electron chi connectivity index (χ0n) is 7.87. The average molecular weight is 267 g/mol. The summed E-state index contributed by atoms with van der Waals surface area (Å²) in [6, 6.07) is 0. The Kier molecular flexibility index (Phi) is 5.14. The van der Waals surface area contributed by atoms with Gasteiger partial charge in [-0.2, -0.15) is 0 Å². The Balaban J connectivity index is 2.50. The highest BCUT2D eigenvalue weighted by atomic mass is 35.5. The highest BCUT2D eigenvalue weighted by molar-refractivity contribution is 7.99. The molecule has 0 aliphatic rings. The Labute approximate surface area is 101 Å². The van der Waals surface area contributed by atoms with Gasteiger partial charge in [-0.25, -0.2) is 9.97 Å². The van der Waals surface area contributed by atoms with Crippen LogP contribution in [0.4, 0.5) is 0 Å². The van der Waals surface area contributed by atoms with Gasteiger partial charge in [-0.3, -0.25) is 4.79 Å². The first-order valence-electron chi connectivity index (χ1n) is 4.01. The molecule has 7 heteroatoms. The number of nitrogens with zero attached hydrogens (tertiary/aromatic N) is 2. The third-order valence-corrected chi connectivity index (χ3v) is 3.02. The van der Waals surface area contributed by atoms with Gasteiger partial charge in [0.15, 0.2) is 0 Å². The van der Waals surface area contributed by atoms with Gasteiger partial charge in [-0.05, 0) is 11.6 Å². The number of halogens is 2. The topological polar surface area (TPSA) is 52.1 Å². The summed E-state index contributed by atoms with van der Waals surface area (Å²) in [5.41, 5.74) is 0. The lowest BCUT2D eigenvalue weighted by Crippen LogP contribution is -2.01. The summed E-state index contributed by atoms with van der Waals surface area (Å²) in [6.07, 6.45) is 1.73. The molecule has 1 aromatic heterocycles. The number of carbonyl (C=O) groups is 1. The molecule has 1 aromatic rings. The van der Waals surface area contributed by atoms with E-state index in [1.807, 2.05) is 0 Å². The Morgan fingerprint density at radius 1 is 1.60 bits per heavy atom. The summed E-state index contributed by atoms with van der Waals surface area (Å²) in [5, 5.41) is 1.13. The minimum absolute atomic E-state index is 0.139. The molecule has 1 heterocycles. The van der Waals surface area contributed by atoms with Crippen LogP contribution >= 0.6 is 35.0 Å². The molecule has 15 heavy (non-hydrogen) atoms. The van der Waals surface area contributed by atoms with Crippen LogP contribution < -0.4 is 0 Å². The monoisotopic (exact) mass is 266 g/mol. The molecule has 4 nitrogen and oxygen atoms in total. The van der Waals surface area contributed by atoms with E-state index in [0.717, 1.165) is 0 Å². The van der Waals surface area contributed by atoms with Crippen molar-refractivity contribution in [2.24, 2.45) is 0 Å². The van der Waals surface area contributed by atoms with Crippen LogP contribution in [0.1, 0.15) is 6.42 Å². The van der Waals surface area contributed by atoms with Crippen LogP contribution in [0.5, 0.6) is 0 Å². The van der Waals surface area contributed by atoms with Crippen molar-refractivity contribution in [3.63, 3.8) is 0 Å². The second-order valence-electron chi connectivity index (χ2n) is 2.47. The van der Waals surface area contributed by atoms with Gasteiger partial charge in [0.05, 0.1) is 24.8 Å². The van der Waals surface area contributed by atoms with Crippen molar-refractivity contribution >= 4 is 40.9 Å². The smallest absolute Gasteiger partial charge is 0.306 e. The van der Waals surface area contributed by atoms with Crippen LogP contribution in [0.3, 0.4) is 0 Å². The van der Waals surface area contributed by atoms with E-state index in [2.05, 4.69) is 14.7 Å². The van der Waals surface area contributed by atoms with Crippen molar-refractivity contribution in [1.82, 2.24) is 9.97 Å².